The van der Waals surface area contributed by atoms with Gasteiger partial charge in [-0.3, -0.25) is 101 Å². The first-order valence-corrected chi connectivity index (χ1v) is 46.2. The number of aliphatic carboxylic acids is 2. The highest BCUT2D eigenvalue weighted by atomic mass is 16.4. The van der Waals surface area contributed by atoms with Gasteiger partial charge < -0.3 is 174 Å². The molecule has 1 heterocycles. The molecule has 55 nitrogen and oxygen atoms in total. The number of amides is 19. The summed E-state index contributed by atoms with van der Waals surface area (Å²) in [7, 11) is 0. The predicted molar refractivity (Wildman–Crippen MR) is 501 cm³/mol. The molecular formula is C88H139N23O32. The van der Waals surface area contributed by atoms with Gasteiger partial charge in [0.15, 0.2) is 5.96 Å². The van der Waals surface area contributed by atoms with Crippen molar-refractivity contribution in [2.75, 3.05) is 72.4 Å². The van der Waals surface area contributed by atoms with Crippen molar-refractivity contribution in [1.82, 2.24) is 112 Å². The number of nitrogens with two attached hydrogens (primary N) is 1. The van der Waals surface area contributed by atoms with E-state index in [1.165, 1.54) is 31.2 Å². The van der Waals surface area contributed by atoms with Crippen LogP contribution in [0.5, 0.6) is 0 Å². The number of carboxylic acid groups (broad SMARTS) is 2. The van der Waals surface area contributed by atoms with Crippen LogP contribution in [-0.2, 0) is 114 Å². The largest absolute Gasteiger partial charge is 0.481 e. The fourth-order valence-corrected chi connectivity index (χ4v) is 13.9. The van der Waals surface area contributed by atoms with Crippen LogP contribution in [0.2, 0.25) is 0 Å². The first-order valence-electron chi connectivity index (χ1n) is 46.2. The van der Waals surface area contributed by atoms with Crippen molar-refractivity contribution >= 4 is 130 Å². The van der Waals surface area contributed by atoms with Crippen LogP contribution in [0.1, 0.15) is 131 Å². The number of benzene rings is 2. The average molecular weight is 2030 g/mol. The number of guanidine groups is 1. The van der Waals surface area contributed by atoms with Crippen molar-refractivity contribution in [2.45, 2.75) is 254 Å². The zero-order valence-electron chi connectivity index (χ0n) is 80.7. The van der Waals surface area contributed by atoms with Crippen LogP contribution in [-0.4, -0.2) is 380 Å². The van der Waals surface area contributed by atoms with Crippen LogP contribution in [0.25, 0.3) is 0 Å². The van der Waals surface area contributed by atoms with Gasteiger partial charge in [-0.25, -0.2) is 4.79 Å². The number of hydrogen-bond donors (Lipinski definition) is 34. The van der Waals surface area contributed by atoms with Crippen molar-refractivity contribution in [3.05, 3.63) is 71.8 Å². The SMILES string of the molecule is CC[C@H](C)[C@H](NC(=O)[C@@H](NC(=O)[C@H](CC(C)C)NC(=O)[C@@H](NC(=O)[C@H](Cc1ccccc1)NC(=O)[C@H](CCC(=O)O)NC(=O)[C@@H](NC(=O)CNC(=O)[C@H](CO)NC(=O)CNC(=O)[C@H](CO)NC(=O)CNC(=O)[C@H](CO)NC(=O)[C@H](Cc1ccccc1)NC(=O)[C@H](CCCNC(=N)N)NC(=O)[C@H](CO)NC(=O)[C@@H]1CCCN1)[C@@H](C)O)[C@@H](C)O)[C@@H](C)O)C(=O)N[C@@H](CO)C(=O)N[C@@H](CO)C(=O)N[C@@H](CC(C)C)C(=O)O. The highest BCUT2D eigenvalue weighted by Crippen LogP contribution is 2.16. The maximum Gasteiger partial charge on any atom is 0.326 e. The summed E-state index contributed by atoms with van der Waals surface area (Å²) in [4.78, 5) is 284. The van der Waals surface area contributed by atoms with Gasteiger partial charge in [-0.2, -0.15) is 0 Å². The number of aliphatic hydroxyl groups excluding tert-OH is 9. The van der Waals surface area contributed by atoms with E-state index in [4.69, 9.17) is 11.1 Å². The first-order chi connectivity index (χ1) is 67.5. The minimum absolute atomic E-state index is 0.0253. The third kappa shape index (κ3) is 44.5. The number of carbonyl (C=O) groups is 21. The maximum atomic E-state index is 14.6. The molecular weight excluding hydrogens is 1890 g/mol. The van der Waals surface area contributed by atoms with Crippen molar-refractivity contribution < 1.29 is 157 Å². The lowest BCUT2D eigenvalue weighted by atomic mass is 9.97. The molecule has 0 bridgehead atoms. The second-order valence-corrected chi connectivity index (χ2v) is 34.8. The monoisotopic (exact) mass is 2030 g/mol. The summed E-state index contributed by atoms with van der Waals surface area (Å²) in [6.45, 7) is 3.82. The summed E-state index contributed by atoms with van der Waals surface area (Å²) in [6.07, 6.45) is -6.80. The molecule has 798 valence electrons. The van der Waals surface area contributed by atoms with Crippen LogP contribution in [0.3, 0.4) is 0 Å². The minimum atomic E-state index is -2.05. The summed E-state index contributed by atoms with van der Waals surface area (Å²) in [5.74, 6) is -26.7. The van der Waals surface area contributed by atoms with Crippen molar-refractivity contribution in [1.29, 1.82) is 5.41 Å². The number of nitrogens with one attached hydrogen (secondary N) is 22. The van der Waals surface area contributed by atoms with E-state index in [1.54, 1.807) is 71.0 Å². The molecule has 19 amide bonds. The zero-order chi connectivity index (χ0) is 108. The summed E-state index contributed by atoms with van der Waals surface area (Å²) >= 11 is 0. The van der Waals surface area contributed by atoms with E-state index in [1.807, 2.05) is 5.32 Å². The smallest absolute Gasteiger partial charge is 0.326 e. The molecule has 1 aliphatic rings. The molecule has 2 aromatic rings. The molecule has 1 saturated heterocycles. The normalized spacial score (nSPS) is 16.4. The topological polar surface area (TPSA) is 884 Å². The van der Waals surface area contributed by atoms with Gasteiger partial charge in [0, 0.05) is 25.8 Å². The molecule has 143 heavy (non-hydrogen) atoms. The number of rotatable bonds is 65. The minimum Gasteiger partial charge on any atom is -0.481 e. The van der Waals surface area contributed by atoms with Gasteiger partial charge in [0.2, 0.25) is 112 Å². The molecule has 1 aliphatic heterocycles. The third-order valence-electron chi connectivity index (χ3n) is 22.0. The van der Waals surface area contributed by atoms with E-state index in [9.17, 15) is 157 Å². The maximum absolute atomic E-state index is 14.6. The van der Waals surface area contributed by atoms with E-state index in [0.717, 1.165) is 20.8 Å². The molecule has 2 aromatic carbocycles. The Hall–Kier alpha value is -13.8. The van der Waals surface area contributed by atoms with Crippen LogP contribution in [0, 0.1) is 23.2 Å². The average Bonchev–Trinajstić information content (AvgIpc) is 1.05. The molecule has 0 unspecified atom stereocenters. The van der Waals surface area contributed by atoms with Crippen molar-refractivity contribution in [3.8, 4) is 0 Å². The second-order valence-electron chi connectivity index (χ2n) is 34.8. The van der Waals surface area contributed by atoms with E-state index < -0.39 is 342 Å². The lowest BCUT2D eigenvalue weighted by molar-refractivity contribution is -0.143. The fourth-order valence-electron chi connectivity index (χ4n) is 13.9. The molecule has 0 spiro atoms. The van der Waals surface area contributed by atoms with E-state index >= 15 is 0 Å². The van der Waals surface area contributed by atoms with Gasteiger partial charge in [0.1, 0.15) is 96.7 Å². The fraction of sp³-hybridized carbons (Fsp3) is 0.614. The molecule has 0 radical (unpaired) electrons. The second kappa shape index (κ2) is 63.9. The van der Waals surface area contributed by atoms with E-state index in [0.29, 0.717) is 30.5 Å². The molecule has 21 atom stereocenters. The zero-order valence-corrected chi connectivity index (χ0v) is 80.7. The Labute approximate surface area is 822 Å². The van der Waals surface area contributed by atoms with Gasteiger partial charge in [0.05, 0.1) is 83.6 Å². The number of carbonyl (C=O) groups excluding carboxylic acids is 19. The lowest BCUT2D eigenvalue weighted by Gasteiger charge is -2.31. The van der Waals surface area contributed by atoms with Crippen LogP contribution < -0.4 is 117 Å². The third-order valence-corrected chi connectivity index (χ3v) is 22.0. The molecule has 0 saturated carbocycles. The number of carboxylic acids is 2. The van der Waals surface area contributed by atoms with E-state index in [2.05, 4.69) is 106 Å². The molecule has 55 heteroatoms. The number of hydrogen-bond acceptors (Lipinski definition) is 32. The Balaban J connectivity index is 1.71. The summed E-state index contributed by atoms with van der Waals surface area (Å²) < 4.78 is 0. The van der Waals surface area contributed by atoms with Crippen molar-refractivity contribution in [3.63, 3.8) is 0 Å². The van der Waals surface area contributed by atoms with Gasteiger partial charge in [0.25, 0.3) is 0 Å². The van der Waals surface area contributed by atoms with Gasteiger partial charge in [-0.05, 0) is 101 Å². The quantitative estimate of drug-likeness (QED) is 0.0166. The van der Waals surface area contributed by atoms with E-state index in [-0.39, 0.29) is 51.0 Å². The lowest BCUT2D eigenvalue weighted by Crippen LogP contribution is -2.64. The highest BCUT2D eigenvalue weighted by molar-refractivity contribution is 6.02. The summed E-state index contributed by atoms with van der Waals surface area (Å²) in [5.41, 5.74) is 6.20. The Morgan fingerprint density at radius 3 is 1.06 bits per heavy atom. The highest BCUT2D eigenvalue weighted by Gasteiger charge is 2.42. The molecule has 0 aromatic heterocycles. The number of aliphatic hydroxyl groups is 9. The molecule has 35 N–H and O–H groups in total. The van der Waals surface area contributed by atoms with Crippen LogP contribution >= 0.6 is 0 Å². The van der Waals surface area contributed by atoms with Gasteiger partial charge in [-0.15, -0.1) is 0 Å². The Kier molecular flexibility index (Phi) is 55.1. The Morgan fingerprint density at radius 1 is 0.364 bits per heavy atom. The van der Waals surface area contributed by atoms with Crippen molar-refractivity contribution in [2.24, 2.45) is 23.5 Å². The summed E-state index contributed by atoms with van der Waals surface area (Å²) in [5, 5.41) is 169. The summed E-state index contributed by atoms with van der Waals surface area (Å²) in [6, 6.07) is -13.1. The Bertz CT molecular complexity index is 4610. The first kappa shape index (κ1) is 123. The standard InChI is InChI=1S/C88H139N23O32/c1-10-44(6)67(83(138)107-62(41-117)82(137)106-61(40-116)81(136)103-56(87(142)143)30-43(4)5)109-86(141)70(47(9)120)111-78(133)53(29-42(2)3)102-85(140)69(46(8)119)110-79(134)55(32-49-21-15-12-16-22-49)101-76(131)52(25-26-66(124)125)99-84(139)68(45(7)118)108-65(123)35-95-72(127)58(37-113)97-63(121)33-93-71(126)57(36-112)96-64(122)34-94-73(128)59(38-114)104-77(132)54(31-48-19-13-11-14-20-48)100-75(130)51(24-18-28-92-88(89)90)98-80(135)60(39-115)105-74(129)50-23-17-27-91-50/h11-16,19-22,42-47,50-62,67-70,91,112-120H,10,17-18,23-41H2,1-9H3,(H,93,126)(H,94,128)(H,95,127)(H,96,122)(H,97,121)(H,98,135)(H,99,139)(H,100,130)(H,101,131)(H,102,140)(H,103,136)(H,104,132)(H,105,129)(H,106,137)(H,107,138)(H,108,123)(H,109,141)(H,110,134)(H,111,133)(H,124,125)(H,142,143)(H4,89,90,92)/t44-,45+,46+,47+,50-,51-,52-,53-,54-,55-,56-,57-,58-,59-,60-,61-,62-,67-,68-,69-,70-/m0/s1. The molecule has 0 aliphatic carbocycles. The van der Waals surface area contributed by atoms with Crippen LogP contribution in [0.15, 0.2) is 60.7 Å². The van der Waals surface area contributed by atoms with Crippen LogP contribution in [0.4, 0.5) is 0 Å². The Morgan fingerprint density at radius 2 is 0.671 bits per heavy atom. The predicted octanol–water partition coefficient (Wildman–Crippen LogP) is -14.2. The van der Waals surface area contributed by atoms with Gasteiger partial charge in [-0.1, -0.05) is 109 Å². The molecule has 1 fully saturated rings. The van der Waals surface area contributed by atoms with Gasteiger partial charge >= 0.3 is 11.9 Å². The molecule has 3 rings (SSSR count).